The van der Waals surface area contributed by atoms with Crippen molar-refractivity contribution in [2.75, 3.05) is 7.05 Å². The van der Waals surface area contributed by atoms with Crippen molar-refractivity contribution in [3.05, 3.63) is 0 Å². The van der Waals surface area contributed by atoms with E-state index in [0.29, 0.717) is 0 Å². The number of hydrogen-bond donors (Lipinski definition) is 0. The Hall–Kier alpha value is -0.330. The van der Waals surface area contributed by atoms with Crippen LogP contribution in [-0.2, 0) is 0 Å². The molecular weight excluding hydrogens is 182 g/mol. The zero-order valence-corrected chi connectivity index (χ0v) is 11.2. The molecule has 0 radical (unpaired) electrons. The number of rotatable bonds is 4. The Morgan fingerprint density at radius 2 is 1.87 bits per heavy atom. The molecule has 0 bridgehead atoms. The quantitative estimate of drug-likeness (QED) is 0.623. The molecule has 1 saturated carbocycles. The van der Waals surface area contributed by atoms with Crippen molar-refractivity contribution in [1.82, 2.24) is 0 Å². The van der Waals surface area contributed by atoms with Crippen LogP contribution in [0.25, 0.3) is 0 Å². The first-order chi connectivity index (χ1) is 7.04. The Morgan fingerprint density at radius 3 is 2.27 bits per heavy atom. The number of nitrogens with zero attached hydrogens (tertiary/aromatic N) is 1. The average molecular weight is 209 g/mol. The van der Waals surface area contributed by atoms with Crippen LogP contribution in [0.3, 0.4) is 0 Å². The molecule has 0 aromatic heterocycles. The molecule has 5 unspecified atom stereocenters. The van der Waals surface area contributed by atoms with Gasteiger partial charge in [-0.05, 0) is 35.5 Å². The lowest BCUT2D eigenvalue weighted by Crippen LogP contribution is -2.49. The molecule has 1 aliphatic carbocycles. The molecule has 0 saturated heterocycles. The lowest BCUT2D eigenvalue weighted by Gasteiger charge is -2.53. The zero-order chi connectivity index (χ0) is 11.6. The van der Waals surface area contributed by atoms with E-state index in [1.165, 1.54) is 6.42 Å². The summed E-state index contributed by atoms with van der Waals surface area (Å²) in [5, 5.41) is 0. The van der Waals surface area contributed by atoms with Gasteiger partial charge in [0.15, 0.2) is 0 Å². The second-order valence-corrected chi connectivity index (χ2v) is 5.60. The second kappa shape index (κ2) is 5.14. The molecule has 1 aliphatic rings. The van der Waals surface area contributed by atoms with Gasteiger partial charge in [0.1, 0.15) is 0 Å². The Morgan fingerprint density at radius 1 is 1.27 bits per heavy atom. The maximum Gasteiger partial charge on any atom is 0.0273 e. The predicted molar refractivity (Wildman–Crippen MR) is 68.3 cm³/mol. The Kier molecular flexibility index (Phi) is 4.36. The molecule has 0 spiro atoms. The maximum atomic E-state index is 4.22. The normalized spacial score (nSPS) is 38.3. The van der Waals surface area contributed by atoms with Crippen molar-refractivity contribution in [2.45, 2.75) is 41.0 Å². The number of hydrogen-bond acceptors (Lipinski definition) is 1. The fourth-order valence-electron chi connectivity index (χ4n) is 3.42. The second-order valence-electron chi connectivity index (χ2n) is 5.60. The molecule has 1 rings (SSSR count). The lowest BCUT2D eigenvalue weighted by atomic mass is 9.52. The fourth-order valence-corrected chi connectivity index (χ4v) is 3.42. The van der Waals surface area contributed by atoms with E-state index < -0.39 is 0 Å². The molecule has 0 aromatic carbocycles. The Balaban J connectivity index is 2.68. The van der Waals surface area contributed by atoms with Crippen LogP contribution in [0.4, 0.5) is 0 Å². The largest absolute Gasteiger partial charge is 0.301 e. The average Bonchev–Trinajstić information content (AvgIpc) is 2.20. The summed E-state index contributed by atoms with van der Waals surface area (Å²) in [6.07, 6.45) is 3.49. The van der Waals surface area contributed by atoms with Crippen LogP contribution in [0.2, 0.25) is 0 Å². The minimum absolute atomic E-state index is 0.742. The summed E-state index contributed by atoms with van der Waals surface area (Å²) in [6.45, 7) is 11.9. The van der Waals surface area contributed by atoms with Gasteiger partial charge in [0.05, 0.1) is 0 Å². The van der Waals surface area contributed by atoms with Crippen molar-refractivity contribution in [3.8, 4) is 0 Å². The van der Waals surface area contributed by atoms with Gasteiger partial charge in [0.2, 0.25) is 0 Å². The minimum Gasteiger partial charge on any atom is -0.301 e. The van der Waals surface area contributed by atoms with E-state index in [4.69, 9.17) is 0 Å². The molecule has 15 heavy (non-hydrogen) atoms. The van der Waals surface area contributed by atoms with Crippen LogP contribution < -0.4 is 0 Å². The van der Waals surface area contributed by atoms with Crippen LogP contribution in [0.5, 0.6) is 0 Å². The highest BCUT2D eigenvalue weighted by atomic mass is 14.7. The standard InChI is InChI=1S/C14H27N/c1-7-12-13(8-15-6)11(5)14(12)10(4)9(2)3/h8-14H,7H2,1-6H3. The third-order valence-corrected chi connectivity index (χ3v) is 4.65. The highest BCUT2D eigenvalue weighted by Crippen LogP contribution is 2.51. The van der Waals surface area contributed by atoms with Crippen LogP contribution in [0, 0.1) is 35.5 Å². The summed E-state index contributed by atoms with van der Waals surface area (Å²) in [4.78, 5) is 4.22. The lowest BCUT2D eigenvalue weighted by molar-refractivity contribution is -0.0204. The third kappa shape index (κ3) is 2.26. The van der Waals surface area contributed by atoms with Gasteiger partial charge >= 0.3 is 0 Å². The molecule has 0 amide bonds. The molecule has 0 aromatic rings. The highest BCUT2D eigenvalue weighted by molar-refractivity contribution is 5.63. The summed E-state index contributed by atoms with van der Waals surface area (Å²) < 4.78 is 0. The zero-order valence-electron chi connectivity index (χ0n) is 11.2. The molecule has 1 fully saturated rings. The van der Waals surface area contributed by atoms with E-state index in [9.17, 15) is 0 Å². The molecule has 5 atom stereocenters. The van der Waals surface area contributed by atoms with E-state index in [1.807, 2.05) is 7.05 Å². The van der Waals surface area contributed by atoms with Crippen LogP contribution in [-0.4, -0.2) is 13.3 Å². The number of aliphatic imine (C=N–C) groups is 1. The van der Waals surface area contributed by atoms with Gasteiger partial charge in [-0.3, -0.25) is 0 Å². The summed E-state index contributed by atoms with van der Waals surface area (Å²) in [6, 6.07) is 0. The van der Waals surface area contributed by atoms with Gasteiger partial charge in [0.25, 0.3) is 0 Å². The highest BCUT2D eigenvalue weighted by Gasteiger charge is 2.48. The smallest absolute Gasteiger partial charge is 0.0273 e. The van der Waals surface area contributed by atoms with Gasteiger partial charge in [-0.1, -0.05) is 41.0 Å². The molecule has 0 N–H and O–H groups in total. The van der Waals surface area contributed by atoms with E-state index in [2.05, 4.69) is 45.8 Å². The van der Waals surface area contributed by atoms with Crippen molar-refractivity contribution < 1.29 is 0 Å². The molecular formula is C14H27N. The van der Waals surface area contributed by atoms with Crippen LogP contribution >= 0.6 is 0 Å². The maximum absolute atomic E-state index is 4.22. The molecule has 0 heterocycles. The third-order valence-electron chi connectivity index (χ3n) is 4.65. The van der Waals surface area contributed by atoms with E-state index in [-0.39, 0.29) is 0 Å². The Bertz CT molecular complexity index is 219. The predicted octanol–water partition coefficient (Wildman–Crippen LogP) is 3.89. The monoisotopic (exact) mass is 209 g/mol. The topological polar surface area (TPSA) is 12.4 Å². The molecule has 0 aliphatic heterocycles. The van der Waals surface area contributed by atoms with Gasteiger partial charge in [0, 0.05) is 13.3 Å². The van der Waals surface area contributed by atoms with Crippen molar-refractivity contribution in [2.24, 2.45) is 40.5 Å². The van der Waals surface area contributed by atoms with E-state index in [1.54, 1.807) is 0 Å². The van der Waals surface area contributed by atoms with Crippen LogP contribution in [0.15, 0.2) is 4.99 Å². The first kappa shape index (κ1) is 12.7. The van der Waals surface area contributed by atoms with Gasteiger partial charge < -0.3 is 4.99 Å². The summed E-state index contributed by atoms with van der Waals surface area (Å²) >= 11 is 0. The summed E-state index contributed by atoms with van der Waals surface area (Å²) in [5.74, 6) is 5.03. The first-order valence-electron chi connectivity index (χ1n) is 6.46. The molecule has 1 nitrogen and oxygen atoms in total. The summed E-state index contributed by atoms with van der Waals surface area (Å²) in [7, 11) is 1.90. The van der Waals surface area contributed by atoms with Gasteiger partial charge in [-0.2, -0.15) is 0 Å². The fraction of sp³-hybridized carbons (Fsp3) is 0.929. The van der Waals surface area contributed by atoms with Crippen molar-refractivity contribution >= 4 is 6.21 Å². The first-order valence-corrected chi connectivity index (χ1v) is 6.46. The molecule has 1 heteroatoms. The van der Waals surface area contributed by atoms with Gasteiger partial charge in [-0.25, -0.2) is 0 Å². The Labute approximate surface area is 95.4 Å². The molecule has 88 valence electrons. The van der Waals surface area contributed by atoms with E-state index in [0.717, 1.165) is 35.5 Å². The van der Waals surface area contributed by atoms with Crippen molar-refractivity contribution in [3.63, 3.8) is 0 Å². The minimum atomic E-state index is 0.742. The van der Waals surface area contributed by atoms with Crippen molar-refractivity contribution in [1.29, 1.82) is 0 Å². The SMILES string of the molecule is CCC1C(C=NC)C(C)C1C(C)C(C)C. The van der Waals surface area contributed by atoms with E-state index >= 15 is 0 Å². The van der Waals surface area contributed by atoms with Crippen LogP contribution in [0.1, 0.15) is 41.0 Å². The summed E-state index contributed by atoms with van der Waals surface area (Å²) in [5.41, 5.74) is 0. The van der Waals surface area contributed by atoms with Gasteiger partial charge in [-0.15, -0.1) is 0 Å².